The number of likely N-dealkylation sites (N-methyl/N-ethyl adjacent to an activating group) is 1. The molecule has 0 bridgehead atoms. The van der Waals surface area contributed by atoms with Crippen LogP contribution in [0.3, 0.4) is 0 Å². The average molecular weight is 409 g/mol. The average Bonchev–Trinajstić information content (AvgIpc) is 2.79. The van der Waals surface area contributed by atoms with Crippen LogP contribution in [0.25, 0.3) is 0 Å². The number of benzene rings is 2. The van der Waals surface area contributed by atoms with E-state index in [1.54, 1.807) is 18.2 Å². The van der Waals surface area contributed by atoms with Gasteiger partial charge in [0.05, 0.1) is 16.9 Å². The summed E-state index contributed by atoms with van der Waals surface area (Å²) in [6.45, 7) is 4.27. The van der Waals surface area contributed by atoms with Gasteiger partial charge in [-0.05, 0) is 50.4 Å². The number of aliphatic imine (C=N–C) groups is 1. The normalized spacial score (nSPS) is 20.0. The molecule has 2 aliphatic rings. The lowest BCUT2D eigenvalue weighted by Crippen LogP contribution is -2.52. The highest BCUT2D eigenvalue weighted by Gasteiger charge is 2.33. The molecule has 2 heterocycles. The lowest BCUT2D eigenvalue weighted by atomic mass is 10.0. The number of anilines is 2. The van der Waals surface area contributed by atoms with E-state index in [4.69, 9.17) is 16.6 Å². The second-order valence-corrected chi connectivity index (χ2v) is 7.69. The Labute approximate surface area is 166 Å². The van der Waals surface area contributed by atoms with Crippen molar-refractivity contribution in [3.05, 3.63) is 52.5 Å². The highest BCUT2D eigenvalue weighted by molar-refractivity contribution is 6.31. The molecular weight excluding hydrogens is 389 g/mol. The molecule has 148 valence electrons. The van der Waals surface area contributed by atoms with Crippen molar-refractivity contribution in [2.24, 2.45) is 4.99 Å². The fraction of sp³-hybridized carbons (Fsp3) is 0.350. The van der Waals surface area contributed by atoms with Gasteiger partial charge < -0.3 is 15.1 Å². The third kappa shape index (κ3) is 3.56. The topological polar surface area (TPSA) is 30.9 Å². The van der Waals surface area contributed by atoms with Crippen LogP contribution >= 0.6 is 11.6 Å². The zero-order valence-corrected chi connectivity index (χ0v) is 16.3. The molecule has 2 aromatic carbocycles. The molecule has 0 amide bonds. The van der Waals surface area contributed by atoms with E-state index in [-0.39, 0.29) is 6.04 Å². The third-order valence-electron chi connectivity index (χ3n) is 5.30. The zero-order chi connectivity index (χ0) is 20.1. The van der Waals surface area contributed by atoms with Crippen LogP contribution in [-0.4, -0.2) is 48.4 Å². The maximum absolute atomic E-state index is 13.4. The van der Waals surface area contributed by atoms with Crippen molar-refractivity contribution in [1.82, 2.24) is 9.80 Å². The summed E-state index contributed by atoms with van der Waals surface area (Å²) in [5.41, 5.74) is 1.67. The number of alkyl halides is 3. The monoisotopic (exact) mass is 408 g/mol. The van der Waals surface area contributed by atoms with Crippen LogP contribution in [0.5, 0.6) is 0 Å². The van der Waals surface area contributed by atoms with Gasteiger partial charge >= 0.3 is 6.18 Å². The molecule has 0 aromatic heterocycles. The minimum absolute atomic E-state index is 0.265. The maximum Gasteiger partial charge on any atom is 0.416 e. The molecule has 1 N–H and O–H groups in total. The van der Waals surface area contributed by atoms with Gasteiger partial charge in [-0.2, -0.15) is 13.2 Å². The van der Waals surface area contributed by atoms with E-state index in [0.717, 1.165) is 12.6 Å². The van der Waals surface area contributed by atoms with E-state index in [1.165, 1.54) is 12.1 Å². The molecular formula is C20H20ClF3N4. The number of amidine groups is 1. The fourth-order valence-corrected chi connectivity index (χ4v) is 3.69. The third-order valence-corrected chi connectivity index (χ3v) is 5.54. The molecule has 2 aromatic rings. The summed E-state index contributed by atoms with van der Waals surface area (Å²) in [5, 5.41) is 3.75. The molecule has 0 spiro atoms. The SMILES string of the molecule is C[C@H]1CN(C2=Nc3cc(Cl)ccc3Nc3ccc(C(F)(F)F)cc32)CCN1C. The van der Waals surface area contributed by atoms with E-state index in [2.05, 4.69) is 22.0 Å². The van der Waals surface area contributed by atoms with Gasteiger partial charge in [0.15, 0.2) is 0 Å². The van der Waals surface area contributed by atoms with Gasteiger partial charge in [-0.1, -0.05) is 11.6 Å². The molecule has 2 aliphatic heterocycles. The van der Waals surface area contributed by atoms with Crippen LogP contribution in [0, 0.1) is 0 Å². The molecule has 0 aliphatic carbocycles. The Morgan fingerprint density at radius 3 is 2.57 bits per heavy atom. The Morgan fingerprint density at radius 1 is 1.11 bits per heavy atom. The first-order valence-electron chi connectivity index (χ1n) is 9.04. The molecule has 28 heavy (non-hydrogen) atoms. The lowest BCUT2D eigenvalue weighted by molar-refractivity contribution is -0.137. The van der Waals surface area contributed by atoms with Gasteiger partial charge in [0.1, 0.15) is 5.84 Å². The van der Waals surface area contributed by atoms with Crippen LogP contribution < -0.4 is 5.32 Å². The van der Waals surface area contributed by atoms with Gasteiger partial charge in [-0.25, -0.2) is 4.99 Å². The highest BCUT2D eigenvalue weighted by Crippen LogP contribution is 2.39. The minimum atomic E-state index is -4.42. The number of hydrogen-bond acceptors (Lipinski definition) is 4. The van der Waals surface area contributed by atoms with Crippen molar-refractivity contribution in [3.63, 3.8) is 0 Å². The molecule has 0 radical (unpaired) electrons. The molecule has 1 saturated heterocycles. The predicted molar refractivity (Wildman–Crippen MR) is 106 cm³/mol. The summed E-state index contributed by atoms with van der Waals surface area (Å²) in [7, 11) is 2.04. The second-order valence-electron chi connectivity index (χ2n) is 7.26. The Balaban J connectivity index is 1.87. The van der Waals surface area contributed by atoms with Crippen LogP contribution in [0.4, 0.5) is 30.2 Å². The van der Waals surface area contributed by atoms with E-state index >= 15 is 0 Å². The molecule has 1 fully saturated rings. The lowest BCUT2D eigenvalue weighted by Gasteiger charge is -2.39. The number of nitrogens with zero attached hydrogens (tertiary/aromatic N) is 3. The molecule has 8 heteroatoms. The summed E-state index contributed by atoms with van der Waals surface area (Å²) >= 11 is 6.14. The van der Waals surface area contributed by atoms with Crippen LogP contribution in [0.1, 0.15) is 18.1 Å². The van der Waals surface area contributed by atoms with E-state index in [1.807, 2.05) is 7.05 Å². The highest BCUT2D eigenvalue weighted by atomic mass is 35.5. The largest absolute Gasteiger partial charge is 0.416 e. The molecule has 4 rings (SSSR count). The summed E-state index contributed by atoms with van der Waals surface area (Å²) in [6.07, 6.45) is -4.42. The van der Waals surface area contributed by atoms with Crippen LogP contribution in [0.15, 0.2) is 41.4 Å². The van der Waals surface area contributed by atoms with Crippen molar-refractivity contribution in [2.75, 3.05) is 32.0 Å². The van der Waals surface area contributed by atoms with E-state index < -0.39 is 11.7 Å². The summed E-state index contributed by atoms with van der Waals surface area (Å²) in [6, 6.07) is 9.25. The maximum atomic E-state index is 13.4. The number of nitrogens with one attached hydrogen (secondary N) is 1. The van der Waals surface area contributed by atoms with Crippen molar-refractivity contribution in [3.8, 4) is 0 Å². The van der Waals surface area contributed by atoms with Gasteiger partial charge in [0, 0.05) is 41.9 Å². The summed E-state index contributed by atoms with van der Waals surface area (Å²) in [5.74, 6) is 0.537. The number of halogens is 4. The summed E-state index contributed by atoms with van der Waals surface area (Å²) in [4.78, 5) is 9.04. The number of hydrogen-bond donors (Lipinski definition) is 1. The Bertz CT molecular complexity index is 942. The second kappa shape index (κ2) is 6.97. The number of fused-ring (bicyclic) bond motifs is 2. The van der Waals surface area contributed by atoms with Gasteiger partial charge in [-0.15, -0.1) is 0 Å². The predicted octanol–water partition coefficient (Wildman–Crippen LogP) is 5.13. The quantitative estimate of drug-likeness (QED) is 0.655. The van der Waals surface area contributed by atoms with E-state index in [9.17, 15) is 13.2 Å². The summed E-state index contributed by atoms with van der Waals surface area (Å²) < 4.78 is 40.1. The first-order valence-corrected chi connectivity index (χ1v) is 9.42. The molecule has 0 saturated carbocycles. The number of piperazine rings is 1. The Morgan fingerprint density at radius 2 is 1.86 bits per heavy atom. The van der Waals surface area contributed by atoms with Crippen LogP contribution in [-0.2, 0) is 6.18 Å². The smallest absolute Gasteiger partial charge is 0.353 e. The van der Waals surface area contributed by atoms with Crippen molar-refractivity contribution < 1.29 is 13.2 Å². The van der Waals surface area contributed by atoms with Gasteiger partial charge in [-0.3, -0.25) is 0 Å². The van der Waals surface area contributed by atoms with E-state index in [0.29, 0.717) is 46.6 Å². The first-order chi connectivity index (χ1) is 13.2. The molecule has 4 nitrogen and oxygen atoms in total. The number of rotatable bonds is 0. The Hall–Kier alpha value is -2.25. The van der Waals surface area contributed by atoms with Gasteiger partial charge in [0.25, 0.3) is 0 Å². The van der Waals surface area contributed by atoms with Crippen LogP contribution in [0.2, 0.25) is 5.02 Å². The molecule has 1 atom stereocenters. The molecule has 0 unspecified atom stereocenters. The fourth-order valence-electron chi connectivity index (χ4n) is 3.52. The van der Waals surface area contributed by atoms with Crippen molar-refractivity contribution >= 4 is 34.5 Å². The standard InChI is InChI=1S/C20H20ClF3N4/c1-12-11-28(8-7-27(12)2)19-15-9-13(20(22,23)24)3-5-16(15)25-17-6-4-14(21)10-18(17)26-19/h3-6,9-10,12,25H,7-8,11H2,1-2H3/t12-/m0/s1. The van der Waals surface area contributed by atoms with Crippen molar-refractivity contribution in [2.45, 2.75) is 19.1 Å². The minimum Gasteiger partial charge on any atom is -0.353 e. The Kier molecular flexibility index (Phi) is 4.75. The first kappa shape index (κ1) is 19.1. The van der Waals surface area contributed by atoms with Gasteiger partial charge in [0.2, 0.25) is 0 Å². The van der Waals surface area contributed by atoms with Crippen molar-refractivity contribution in [1.29, 1.82) is 0 Å². The zero-order valence-electron chi connectivity index (χ0n) is 15.5.